The molecule has 1 atom stereocenters. The van der Waals surface area contributed by atoms with E-state index in [2.05, 4.69) is 23.3 Å². The first-order valence-electron chi connectivity index (χ1n) is 5.11. The molecule has 5 heteroatoms. The second-order valence-corrected chi connectivity index (χ2v) is 6.25. The third kappa shape index (κ3) is 3.55. The van der Waals surface area contributed by atoms with Gasteiger partial charge in [0.25, 0.3) is 10.2 Å². The summed E-state index contributed by atoms with van der Waals surface area (Å²) in [7, 11) is -3.27. The molecule has 0 spiro atoms. The molecule has 0 bridgehead atoms. The number of hydrogen-bond donors (Lipinski definition) is 2. The van der Waals surface area contributed by atoms with E-state index in [0.717, 1.165) is 19.3 Å². The average Bonchev–Trinajstić information content (AvgIpc) is 2.28. The predicted octanol–water partition coefficient (Wildman–Crippen LogP) is 1.01. The fourth-order valence-corrected chi connectivity index (χ4v) is 3.09. The molecule has 2 N–H and O–H groups in total. The Morgan fingerprint density at radius 1 is 1.43 bits per heavy atom. The van der Waals surface area contributed by atoms with Crippen LogP contribution in [0.2, 0.25) is 0 Å². The summed E-state index contributed by atoms with van der Waals surface area (Å²) in [6.07, 6.45) is 2.96. The van der Waals surface area contributed by atoms with Crippen LogP contribution in [0.3, 0.4) is 0 Å². The lowest BCUT2D eigenvalue weighted by atomic mass is 9.92. The van der Waals surface area contributed by atoms with Crippen LogP contribution < -0.4 is 9.44 Å². The minimum Gasteiger partial charge on any atom is -0.203 e. The van der Waals surface area contributed by atoms with Gasteiger partial charge in [0.2, 0.25) is 0 Å². The van der Waals surface area contributed by atoms with Crippen molar-refractivity contribution in [2.75, 3.05) is 6.54 Å². The van der Waals surface area contributed by atoms with Crippen LogP contribution in [0, 0.1) is 5.41 Å². The number of nitrogens with one attached hydrogen (secondary N) is 2. The third-order valence-electron chi connectivity index (χ3n) is 2.62. The topological polar surface area (TPSA) is 58.2 Å². The summed E-state index contributed by atoms with van der Waals surface area (Å²) in [6.45, 7) is 6.56. The van der Waals surface area contributed by atoms with Crippen LogP contribution in [0.15, 0.2) is 0 Å². The van der Waals surface area contributed by atoms with Crippen molar-refractivity contribution in [1.82, 2.24) is 9.44 Å². The highest BCUT2D eigenvalue weighted by Gasteiger charge is 2.32. The zero-order chi connectivity index (χ0) is 10.8. The molecule has 0 aromatic rings. The molecule has 1 saturated carbocycles. The molecule has 0 aromatic carbocycles. The minimum atomic E-state index is -3.27. The highest BCUT2D eigenvalue weighted by atomic mass is 32.2. The Morgan fingerprint density at radius 2 is 2.07 bits per heavy atom. The standard InChI is InChI=1S/C9H20N2O2S/c1-4-10-14(12,13)11-8-5-6-9(2,3)7-8/h8,10-11H,4-7H2,1-3H3. The second-order valence-electron chi connectivity index (χ2n) is 4.72. The maximum absolute atomic E-state index is 11.4. The lowest BCUT2D eigenvalue weighted by Gasteiger charge is -2.17. The van der Waals surface area contributed by atoms with E-state index in [9.17, 15) is 8.42 Å². The molecule has 0 radical (unpaired) electrons. The zero-order valence-corrected chi connectivity index (χ0v) is 9.95. The number of rotatable bonds is 4. The third-order valence-corrected chi connectivity index (χ3v) is 3.94. The highest BCUT2D eigenvalue weighted by molar-refractivity contribution is 7.87. The van der Waals surface area contributed by atoms with E-state index in [1.165, 1.54) is 0 Å². The van der Waals surface area contributed by atoms with Gasteiger partial charge in [0.15, 0.2) is 0 Å². The Morgan fingerprint density at radius 3 is 2.50 bits per heavy atom. The summed E-state index contributed by atoms with van der Waals surface area (Å²) >= 11 is 0. The Labute approximate surface area is 86.6 Å². The lowest BCUT2D eigenvalue weighted by molar-refractivity contribution is 0.372. The van der Waals surface area contributed by atoms with Gasteiger partial charge in [-0.15, -0.1) is 0 Å². The van der Waals surface area contributed by atoms with E-state index >= 15 is 0 Å². The van der Waals surface area contributed by atoms with Gasteiger partial charge in [0.1, 0.15) is 0 Å². The first kappa shape index (κ1) is 11.9. The summed E-state index contributed by atoms with van der Waals surface area (Å²) < 4.78 is 27.9. The molecule has 84 valence electrons. The molecule has 0 aromatic heterocycles. The minimum absolute atomic E-state index is 0.106. The Hall–Kier alpha value is -0.130. The summed E-state index contributed by atoms with van der Waals surface area (Å²) in [5, 5.41) is 0. The van der Waals surface area contributed by atoms with E-state index in [1.807, 2.05) is 0 Å². The van der Waals surface area contributed by atoms with Crippen LogP contribution in [0.25, 0.3) is 0 Å². The van der Waals surface area contributed by atoms with Crippen molar-refractivity contribution in [2.24, 2.45) is 5.41 Å². The van der Waals surface area contributed by atoms with Crippen molar-refractivity contribution >= 4 is 10.2 Å². The van der Waals surface area contributed by atoms with Crippen LogP contribution in [0.5, 0.6) is 0 Å². The summed E-state index contributed by atoms with van der Waals surface area (Å²) in [5.74, 6) is 0. The van der Waals surface area contributed by atoms with Crippen LogP contribution in [0.4, 0.5) is 0 Å². The fourth-order valence-electron chi connectivity index (χ4n) is 1.99. The van der Waals surface area contributed by atoms with Gasteiger partial charge in [-0.3, -0.25) is 0 Å². The van der Waals surface area contributed by atoms with E-state index in [4.69, 9.17) is 0 Å². The lowest BCUT2D eigenvalue weighted by Crippen LogP contribution is -2.41. The molecule has 1 rings (SSSR count). The molecule has 1 fully saturated rings. The average molecular weight is 220 g/mol. The maximum Gasteiger partial charge on any atom is 0.277 e. The van der Waals surface area contributed by atoms with E-state index in [0.29, 0.717) is 6.54 Å². The van der Waals surface area contributed by atoms with Gasteiger partial charge >= 0.3 is 0 Å². The van der Waals surface area contributed by atoms with Crippen LogP contribution in [-0.4, -0.2) is 21.0 Å². The van der Waals surface area contributed by atoms with Crippen molar-refractivity contribution in [3.8, 4) is 0 Å². The monoisotopic (exact) mass is 220 g/mol. The molecule has 0 amide bonds. The van der Waals surface area contributed by atoms with Crippen molar-refractivity contribution in [2.45, 2.75) is 46.1 Å². The summed E-state index contributed by atoms with van der Waals surface area (Å²) in [4.78, 5) is 0. The van der Waals surface area contributed by atoms with Crippen LogP contribution in [-0.2, 0) is 10.2 Å². The molecule has 1 aliphatic rings. The Bertz CT molecular complexity index is 285. The molecule has 0 saturated heterocycles. The van der Waals surface area contributed by atoms with Crippen LogP contribution >= 0.6 is 0 Å². The smallest absolute Gasteiger partial charge is 0.203 e. The van der Waals surface area contributed by atoms with Gasteiger partial charge in [-0.2, -0.15) is 13.1 Å². The quantitative estimate of drug-likeness (QED) is 0.743. The van der Waals surface area contributed by atoms with Crippen molar-refractivity contribution in [3.05, 3.63) is 0 Å². The van der Waals surface area contributed by atoms with E-state index in [-0.39, 0.29) is 11.5 Å². The van der Waals surface area contributed by atoms with Crippen molar-refractivity contribution in [3.63, 3.8) is 0 Å². The van der Waals surface area contributed by atoms with Crippen molar-refractivity contribution < 1.29 is 8.42 Å². The zero-order valence-electron chi connectivity index (χ0n) is 9.13. The first-order valence-corrected chi connectivity index (χ1v) is 6.60. The molecule has 0 aliphatic heterocycles. The second kappa shape index (κ2) is 4.16. The van der Waals surface area contributed by atoms with E-state index in [1.54, 1.807) is 6.92 Å². The first-order chi connectivity index (χ1) is 6.35. The van der Waals surface area contributed by atoms with Gasteiger partial charge in [-0.1, -0.05) is 20.8 Å². The SMILES string of the molecule is CCNS(=O)(=O)NC1CCC(C)(C)C1. The predicted molar refractivity (Wildman–Crippen MR) is 57.2 cm³/mol. The Kier molecular flexibility index (Phi) is 3.55. The van der Waals surface area contributed by atoms with Gasteiger partial charge in [-0.05, 0) is 24.7 Å². The molecular weight excluding hydrogens is 200 g/mol. The van der Waals surface area contributed by atoms with Gasteiger partial charge in [0, 0.05) is 12.6 Å². The fraction of sp³-hybridized carbons (Fsp3) is 1.00. The Balaban J connectivity index is 2.47. The summed E-state index contributed by atoms with van der Waals surface area (Å²) in [6, 6.07) is 0.106. The van der Waals surface area contributed by atoms with Crippen molar-refractivity contribution in [1.29, 1.82) is 0 Å². The largest absolute Gasteiger partial charge is 0.277 e. The molecule has 4 nitrogen and oxygen atoms in total. The molecule has 1 aliphatic carbocycles. The van der Waals surface area contributed by atoms with Gasteiger partial charge < -0.3 is 0 Å². The normalized spacial score (nSPS) is 26.6. The van der Waals surface area contributed by atoms with E-state index < -0.39 is 10.2 Å². The molecular formula is C9H20N2O2S. The number of hydrogen-bond acceptors (Lipinski definition) is 2. The van der Waals surface area contributed by atoms with Gasteiger partial charge in [-0.25, -0.2) is 4.72 Å². The van der Waals surface area contributed by atoms with Gasteiger partial charge in [0.05, 0.1) is 0 Å². The maximum atomic E-state index is 11.4. The molecule has 1 unspecified atom stereocenters. The molecule has 0 heterocycles. The summed E-state index contributed by atoms with van der Waals surface area (Å²) in [5.41, 5.74) is 0.277. The van der Waals surface area contributed by atoms with Crippen LogP contribution in [0.1, 0.15) is 40.0 Å². The highest BCUT2D eigenvalue weighted by Crippen LogP contribution is 2.36. The molecule has 14 heavy (non-hydrogen) atoms.